The van der Waals surface area contributed by atoms with Gasteiger partial charge < -0.3 is 19.5 Å². The monoisotopic (exact) mass is 362 g/mol. The average molecular weight is 362 g/mol. The van der Waals surface area contributed by atoms with E-state index in [0.717, 1.165) is 16.8 Å². The fraction of sp³-hybridized carbons (Fsp3) is 0.143. The molecule has 2 aromatic carbocycles. The summed E-state index contributed by atoms with van der Waals surface area (Å²) in [5, 5.41) is 27.3. The van der Waals surface area contributed by atoms with Gasteiger partial charge in [0.05, 0.1) is 17.7 Å². The van der Waals surface area contributed by atoms with Crippen LogP contribution in [-0.2, 0) is 0 Å². The molecule has 0 saturated carbocycles. The molecule has 3 aromatic rings. The summed E-state index contributed by atoms with van der Waals surface area (Å²) in [7, 11) is 0. The average Bonchev–Trinajstić information content (AvgIpc) is 3.13. The van der Waals surface area contributed by atoms with Crippen molar-refractivity contribution in [2.75, 3.05) is 13.2 Å². The summed E-state index contributed by atoms with van der Waals surface area (Å²) in [6, 6.07) is 16.1. The first-order valence-corrected chi connectivity index (χ1v) is 8.42. The fourth-order valence-electron chi connectivity index (χ4n) is 2.68. The molecule has 6 nitrogen and oxygen atoms in total. The van der Waals surface area contributed by atoms with Gasteiger partial charge in [0.25, 0.3) is 0 Å². The van der Waals surface area contributed by atoms with Crippen LogP contribution in [0.5, 0.6) is 5.75 Å². The quantitative estimate of drug-likeness (QED) is 0.628. The maximum atomic E-state index is 11.0. The maximum absolute atomic E-state index is 11.0. The zero-order valence-corrected chi connectivity index (χ0v) is 14.5. The fourth-order valence-corrected chi connectivity index (χ4v) is 2.68. The van der Waals surface area contributed by atoms with Gasteiger partial charge in [-0.3, -0.25) is 0 Å². The van der Waals surface area contributed by atoms with Crippen molar-refractivity contribution in [3.63, 3.8) is 0 Å². The van der Waals surface area contributed by atoms with Crippen LogP contribution in [0.1, 0.15) is 22.3 Å². The lowest BCUT2D eigenvalue weighted by Gasteiger charge is -2.06. The van der Waals surface area contributed by atoms with Gasteiger partial charge in [-0.15, -0.1) is 0 Å². The number of carbonyl (C=O) groups is 1. The molecule has 6 heteroatoms. The minimum atomic E-state index is -0.978. The van der Waals surface area contributed by atoms with Crippen LogP contribution in [0.25, 0.3) is 16.8 Å². The van der Waals surface area contributed by atoms with E-state index in [4.69, 9.17) is 14.9 Å². The van der Waals surface area contributed by atoms with E-state index >= 15 is 0 Å². The van der Waals surface area contributed by atoms with Crippen molar-refractivity contribution in [3.05, 3.63) is 72.1 Å². The van der Waals surface area contributed by atoms with Crippen molar-refractivity contribution in [1.82, 2.24) is 4.57 Å². The van der Waals surface area contributed by atoms with Gasteiger partial charge in [0.2, 0.25) is 0 Å². The summed E-state index contributed by atoms with van der Waals surface area (Å²) in [6.07, 6.45) is 4.14. The summed E-state index contributed by atoms with van der Waals surface area (Å²) < 4.78 is 7.32. The van der Waals surface area contributed by atoms with Crippen molar-refractivity contribution < 1.29 is 19.7 Å². The standard InChI is InChI=1S/C21H18N2O4/c22-12-17-13-23(18-6-2-16(3-7-18)21(25)26)14-20(17)15-4-8-19(9-5-15)27-11-1-10-24/h2-9,13-14,24H,1,10-11H2,(H,25,26). The van der Waals surface area contributed by atoms with Crippen molar-refractivity contribution in [3.8, 4) is 28.6 Å². The molecule has 0 atom stereocenters. The molecule has 0 unspecified atom stereocenters. The lowest BCUT2D eigenvalue weighted by molar-refractivity contribution is 0.0697. The highest BCUT2D eigenvalue weighted by Crippen LogP contribution is 2.28. The summed E-state index contributed by atoms with van der Waals surface area (Å²) >= 11 is 0. The number of hydrogen-bond donors (Lipinski definition) is 2. The molecule has 0 radical (unpaired) electrons. The SMILES string of the molecule is N#Cc1cn(-c2ccc(C(=O)O)cc2)cc1-c1ccc(OCCCO)cc1. The van der Waals surface area contributed by atoms with E-state index in [1.54, 1.807) is 22.9 Å². The lowest BCUT2D eigenvalue weighted by Crippen LogP contribution is -1.99. The van der Waals surface area contributed by atoms with Gasteiger partial charge in [-0.2, -0.15) is 5.26 Å². The van der Waals surface area contributed by atoms with Gasteiger partial charge in [-0.05, 0) is 42.0 Å². The molecule has 136 valence electrons. The lowest BCUT2D eigenvalue weighted by atomic mass is 10.1. The van der Waals surface area contributed by atoms with E-state index in [-0.39, 0.29) is 12.2 Å². The molecule has 0 fully saturated rings. The molecule has 0 aliphatic carbocycles. The van der Waals surface area contributed by atoms with Crippen molar-refractivity contribution in [1.29, 1.82) is 5.26 Å². The molecule has 0 aliphatic heterocycles. The Morgan fingerprint density at radius 3 is 2.37 bits per heavy atom. The molecular weight excluding hydrogens is 344 g/mol. The molecular formula is C21H18N2O4. The van der Waals surface area contributed by atoms with E-state index in [1.807, 2.05) is 30.5 Å². The first-order chi connectivity index (χ1) is 13.1. The molecule has 27 heavy (non-hydrogen) atoms. The van der Waals surface area contributed by atoms with Crippen LogP contribution in [0.2, 0.25) is 0 Å². The number of nitrogens with zero attached hydrogens (tertiary/aromatic N) is 2. The number of nitriles is 1. The first-order valence-electron chi connectivity index (χ1n) is 8.42. The molecule has 0 spiro atoms. The molecule has 0 amide bonds. The van der Waals surface area contributed by atoms with Crippen molar-refractivity contribution in [2.45, 2.75) is 6.42 Å². The Labute approximate surface area is 156 Å². The number of hydrogen-bond acceptors (Lipinski definition) is 4. The number of carboxylic acid groups (broad SMARTS) is 1. The second-order valence-electron chi connectivity index (χ2n) is 5.91. The third kappa shape index (κ3) is 4.17. The van der Waals surface area contributed by atoms with E-state index in [1.165, 1.54) is 12.1 Å². The number of carboxylic acids is 1. The number of ether oxygens (including phenoxy) is 1. The Kier molecular flexibility index (Phi) is 5.55. The van der Waals surface area contributed by atoms with Gasteiger partial charge in [0.15, 0.2) is 0 Å². The Bertz CT molecular complexity index is 967. The van der Waals surface area contributed by atoms with E-state index in [2.05, 4.69) is 6.07 Å². The zero-order chi connectivity index (χ0) is 19.2. The Morgan fingerprint density at radius 1 is 1.07 bits per heavy atom. The van der Waals surface area contributed by atoms with Crippen LogP contribution in [0, 0.1) is 11.3 Å². The van der Waals surface area contributed by atoms with Crippen LogP contribution < -0.4 is 4.74 Å². The third-order valence-electron chi connectivity index (χ3n) is 4.10. The van der Waals surface area contributed by atoms with Gasteiger partial charge in [-0.1, -0.05) is 12.1 Å². The van der Waals surface area contributed by atoms with Gasteiger partial charge in [-0.25, -0.2) is 4.79 Å². The number of aliphatic hydroxyl groups excluding tert-OH is 1. The highest BCUT2D eigenvalue weighted by atomic mass is 16.5. The predicted molar refractivity (Wildman–Crippen MR) is 100 cm³/mol. The number of benzene rings is 2. The largest absolute Gasteiger partial charge is 0.494 e. The van der Waals surface area contributed by atoms with E-state index in [9.17, 15) is 10.1 Å². The van der Waals surface area contributed by atoms with Gasteiger partial charge in [0, 0.05) is 36.7 Å². The summed E-state index contributed by atoms with van der Waals surface area (Å²) in [5.74, 6) is -0.275. The highest BCUT2D eigenvalue weighted by Gasteiger charge is 2.11. The Hall–Kier alpha value is -3.56. The minimum absolute atomic E-state index is 0.0879. The summed E-state index contributed by atoms with van der Waals surface area (Å²) in [6.45, 7) is 0.534. The maximum Gasteiger partial charge on any atom is 0.335 e. The molecule has 2 N–H and O–H groups in total. The van der Waals surface area contributed by atoms with Crippen LogP contribution >= 0.6 is 0 Å². The topological polar surface area (TPSA) is 95.5 Å². The molecule has 1 heterocycles. The molecule has 1 aromatic heterocycles. The molecule has 0 bridgehead atoms. The predicted octanol–water partition coefficient (Wildman–Crippen LogP) is 3.48. The Morgan fingerprint density at radius 2 is 1.78 bits per heavy atom. The smallest absolute Gasteiger partial charge is 0.335 e. The van der Waals surface area contributed by atoms with E-state index < -0.39 is 5.97 Å². The van der Waals surface area contributed by atoms with Gasteiger partial charge in [0.1, 0.15) is 11.8 Å². The van der Waals surface area contributed by atoms with Crippen LogP contribution in [-0.4, -0.2) is 34.0 Å². The number of aliphatic hydroxyl groups is 1. The minimum Gasteiger partial charge on any atom is -0.494 e. The number of rotatable bonds is 7. The molecule has 0 saturated heterocycles. The Balaban J connectivity index is 1.86. The normalized spacial score (nSPS) is 10.4. The van der Waals surface area contributed by atoms with Crippen molar-refractivity contribution >= 4 is 5.97 Å². The highest BCUT2D eigenvalue weighted by molar-refractivity contribution is 5.87. The molecule has 0 aliphatic rings. The van der Waals surface area contributed by atoms with Crippen LogP contribution in [0.3, 0.4) is 0 Å². The second kappa shape index (κ2) is 8.21. The van der Waals surface area contributed by atoms with Crippen LogP contribution in [0.4, 0.5) is 0 Å². The first kappa shape index (κ1) is 18.2. The summed E-state index contributed by atoms with van der Waals surface area (Å²) in [5.41, 5.74) is 3.16. The van der Waals surface area contributed by atoms with Crippen LogP contribution in [0.15, 0.2) is 60.9 Å². The van der Waals surface area contributed by atoms with Gasteiger partial charge >= 0.3 is 5.97 Å². The number of aromatic carboxylic acids is 1. The number of aromatic nitrogens is 1. The molecule has 3 rings (SSSR count). The zero-order valence-electron chi connectivity index (χ0n) is 14.5. The van der Waals surface area contributed by atoms with E-state index in [0.29, 0.717) is 24.3 Å². The summed E-state index contributed by atoms with van der Waals surface area (Å²) in [4.78, 5) is 11.0. The van der Waals surface area contributed by atoms with Crippen molar-refractivity contribution in [2.24, 2.45) is 0 Å². The second-order valence-corrected chi connectivity index (χ2v) is 5.91. The third-order valence-corrected chi connectivity index (χ3v) is 4.10.